The van der Waals surface area contributed by atoms with Crippen LogP contribution in [0.25, 0.3) is 0 Å². The van der Waals surface area contributed by atoms with E-state index in [-0.39, 0.29) is 27.8 Å². The average molecular weight is 293 g/mol. The third kappa shape index (κ3) is 2.84. The fraction of sp³-hybridized carbons (Fsp3) is 0. The van der Waals surface area contributed by atoms with Gasteiger partial charge in [-0.1, -0.05) is 17.7 Å². The molecule has 2 rings (SSSR count). The van der Waals surface area contributed by atoms with Crippen LogP contribution in [0.2, 0.25) is 5.02 Å². The van der Waals surface area contributed by atoms with Crippen LogP contribution in [-0.4, -0.2) is 4.92 Å². The van der Waals surface area contributed by atoms with E-state index in [4.69, 9.17) is 21.6 Å². The first kappa shape index (κ1) is 13.8. The van der Waals surface area contributed by atoms with Gasteiger partial charge in [-0.2, -0.15) is 5.26 Å². The summed E-state index contributed by atoms with van der Waals surface area (Å²) >= 11 is 5.85. The molecule has 0 unspecified atom stereocenters. The lowest BCUT2D eigenvalue weighted by Crippen LogP contribution is -1.95. The number of hydrogen-bond acceptors (Lipinski definition) is 4. The van der Waals surface area contributed by atoms with Crippen LogP contribution in [0.15, 0.2) is 36.4 Å². The van der Waals surface area contributed by atoms with Crippen LogP contribution in [0.5, 0.6) is 11.5 Å². The van der Waals surface area contributed by atoms with E-state index < -0.39 is 10.7 Å². The number of ether oxygens (including phenoxy) is 1. The Balaban J connectivity index is 2.48. The Morgan fingerprint density at radius 2 is 2.10 bits per heavy atom. The summed E-state index contributed by atoms with van der Waals surface area (Å²) in [6.45, 7) is 0. The fourth-order valence-corrected chi connectivity index (χ4v) is 1.75. The first-order valence-electron chi connectivity index (χ1n) is 5.32. The highest BCUT2D eigenvalue weighted by molar-refractivity contribution is 6.32. The summed E-state index contributed by atoms with van der Waals surface area (Å²) in [6, 6.07) is 9.08. The highest BCUT2D eigenvalue weighted by Crippen LogP contribution is 2.38. The minimum absolute atomic E-state index is 0.0157. The lowest BCUT2D eigenvalue weighted by atomic mass is 10.2. The van der Waals surface area contributed by atoms with E-state index >= 15 is 0 Å². The maximum Gasteiger partial charge on any atom is 0.313 e. The van der Waals surface area contributed by atoms with Crippen molar-refractivity contribution in [3.05, 3.63) is 62.9 Å². The van der Waals surface area contributed by atoms with E-state index in [1.165, 1.54) is 24.3 Å². The normalized spacial score (nSPS) is 9.85. The lowest BCUT2D eigenvalue weighted by molar-refractivity contribution is -0.385. The molecule has 20 heavy (non-hydrogen) atoms. The SMILES string of the molecule is N#Cc1cc(F)cc(Oc2c(Cl)cccc2[N+](=O)[O-])c1. The van der Waals surface area contributed by atoms with Crippen molar-refractivity contribution in [2.75, 3.05) is 0 Å². The van der Waals surface area contributed by atoms with E-state index in [1.54, 1.807) is 6.07 Å². The molecule has 0 amide bonds. The molecule has 0 N–H and O–H groups in total. The average Bonchev–Trinajstić information content (AvgIpc) is 2.40. The predicted octanol–water partition coefficient (Wildman–Crippen LogP) is 4.05. The molecule has 0 aliphatic heterocycles. The van der Waals surface area contributed by atoms with Gasteiger partial charge in [0.1, 0.15) is 11.6 Å². The van der Waals surface area contributed by atoms with Gasteiger partial charge < -0.3 is 4.74 Å². The van der Waals surface area contributed by atoms with Crippen molar-refractivity contribution in [3.8, 4) is 17.6 Å². The van der Waals surface area contributed by atoms with Crippen molar-refractivity contribution in [1.29, 1.82) is 5.26 Å². The zero-order chi connectivity index (χ0) is 14.7. The molecule has 0 atom stereocenters. The second kappa shape index (κ2) is 5.55. The fourth-order valence-electron chi connectivity index (χ4n) is 1.55. The van der Waals surface area contributed by atoms with E-state index in [0.717, 1.165) is 12.1 Å². The van der Waals surface area contributed by atoms with E-state index in [1.807, 2.05) is 0 Å². The van der Waals surface area contributed by atoms with Crippen molar-refractivity contribution in [2.24, 2.45) is 0 Å². The van der Waals surface area contributed by atoms with Gasteiger partial charge in [-0.25, -0.2) is 4.39 Å². The lowest BCUT2D eigenvalue weighted by Gasteiger charge is -2.08. The van der Waals surface area contributed by atoms with Crippen LogP contribution < -0.4 is 4.74 Å². The number of nitro benzene ring substituents is 1. The number of nitro groups is 1. The minimum atomic E-state index is -0.686. The summed E-state index contributed by atoms with van der Waals surface area (Å²) in [4.78, 5) is 10.2. The first-order chi connectivity index (χ1) is 9.51. The monoisotopic (exact) mass is 292 g/mol. The molecule has 100 valence electrons. The molecule has 0 spiro atoms. The molecule has 0 heterocycles. The zero-order valence-electron chi connectivity index (χ0n) is 9.84. The largest absolute Gasteiger partial charge is 0.448 e. The summed E-state index contributed by atoms with van der Waals surface area (Å²) in [5.74, 6) is -0.930. The number of hydrogen-bond donors (Lipinski definition) is 0. The Kier molecular flexibility index (Phi) is 3.82. The summed E-state index contributed by atoms with van der Waals surface area (Å²) in [5, 5.41) is 19.7. The van der Waals surface area contributed by atoms with Gasteiger partial charge in [-0.3, -0.25) is 10.1 Å². The number of nitriles is 1. The summed E-state index contributed by atoms with van der Waals surface area (Å²) in [6.07, 6.45) is 0. The Hall–Kier alpha value is -2.65. The Bertz CT molecular complexity index is 728. The molecule has 2 aromatic carbocycles. The highest BCUT2D eigenvalue weighted by atomic mass is 35.5. The molecule has 0 aliphatic carbocycles. The van der Waals surface area contributed by atoms with Crippen LogP contribution in [0.1, 0.15) is 5.56 Å². The van der Waals surface area contributed by atoms with E-state index in [2.05, 4.69) is 0 Å². The predicted molar refractivity (Wildman–Crippen MR) is 69.3 cm³/mol. The van der Waals surface area contributed by atoms with E-state index in [9.17, 15) is 14.5 Å². The third-order valence-corrected chi connectivity index (χ3v) is 2.66. The summed E-state index contributed by atoms with van der Waals surface area (Å²) in [7, 11) is 0. The Morgan fingerprint density at radius 1 is 1.35 bits per heavy atom. The number of para-hydroxylation sites is 1. The third-order valence-electron chi connectivity index (χ3n) is 2.36. The highest BCUT2D eigenvalue weighted by Gasteiger charge is 2.19. The van der Waals surface area contributed by atoms with Gasteiger partial charge in [0.2, 0.25) is 5.75 Å². The number of nitrogens with zero attached hydrogens (tertiary/aromatic N) is 2. The maximum atomic E-state index is 13.3. The van der Waals surface area contributed by atoms with Crippen LogP contribution in [0, 0.1) is 27.3 Å². The molecule has 0 aliphatic rings. The second-order valence-electron chi connectivity index (χ2n) is 3.73. The molecule has 2 aromatic rings. The molecular formula is C13H6ClFN2O3. The first-order valence-corrected chi connectivity index (χ1v) is 5.70. The zero-order valence-corrected chi connectivity index (χ0v) is 10.6. The van der Waals surface area contributed by atoms with Crippen LogP contribution in [0.3, 0.4) is 0 Å². The summed E-state index contributed by atoms with van der Waals surface area (Å²) in [5.41, 5.74) is -0.310. The van der Waals surface area contributed by atoms with Crippen molar-refractivity contribution in [1.82, 2.24) is 0 Å². The maximum absolute atomic E-state index is 13.3. The molecule has 0 aromatic heterocycles. The Morgan fingerprint density at radius 3 is 2.75 bits per heavy atom. The second-order valence-corrected chi connectivity index (χ2v) is 4.14. The van der Waals surface area contributed by atoms with Gasteiger partial charge in [-0.15, -0.1) is 0 Å². The van der Waals surface area contributed by atoms with Gasteiger partial charge in [0, 0.05) is 12.1 Å². The number of rotatable bonds is 3. The van der Waals surface area contributed by atoms with Crippen LogP contribution in [-0.2, 0) is 0 Å². The van der Waals surface area contributed by atoms with Gasteiger partial charge in [0.15, 0.2) is 0 Å². The molecule has 7 heteroatoms. The molecule has 0 bridgehead atoms. The van der Waals surface area contributed by atoms with Gasteiger partial charge in [0.05, 0.1) is 21.6 Å². The number of halogens is 2. The quantitative estimate of drug-likeness (QED) is 0.631. The molecule has 5 nitrogen and oxygen atoms in total. The molecule has 0 saturated carbocycles. The van der Waals surface area contributed by atoms with Crippen molar-refractivity contribution >= 4 is 17.3 Å². The van der Waals surface area contributed by atoms with Crippen molar-refractivity contribution in [2.45, 2.75) is 0 Å². The Labute approximate surface area is 117 Å². The van der Waals surface area contributed by atoms with Crippen LogP contribution >= 0.6 is 11.6 Å². The van der Waals surface area contributed by atoms with Crippen molar-refractivity contribution < 1.29 is 14.1 Å². The van der Waals surface area contributed by atoms with Gasteiger partial charge in [0.25, 0.3) is 0 Å². The molecule has 0 radical (unpaired) electrons. The topological polar surface area (TPSA) is 76.2 Å². The van der Waals surface area contributed by atoms with Gasteiger partial charge in [-0.05, 0) is 18.2 Å². The van der Waals surface area contributed by atoms with Gasteiger partial charge >= 0.3 is 5.69 Å². The molecule has 0 saturated heterocycles. The minimum Gasteiger partial charge on any atom is -0.448 e. The summed E-state index contributed by atoms with van der Waals surface area (Å²) < 4.78 is 18.5. The number of benzene rings is 2. The van der Waals surface area contributed by atoms with Crippen LogP contribution in [0.4, 0.5) is 10.1 Å². The van der Waals surface area contributed by atoms with Crippen molar-refractivity contribution in [3.63, 3.8) is 0 Å². The smallest absolute Gasteiger partial charge is 0.313 e. The van der Waals surface area contributed by atoms with E-state index in [0.29, 0.717) is 0 Å². The standard InChI is InChI=1S/C13H6ClFN2O3/c14-11-2-1-3-12(17(18)19)13(11)20-10-5-8(7-16)4-9(15)6-10/h1-6H. The molecular weight excluding hydrogens is 287 g/mol. The molecule has 0 fully saturated rings.